The summed E-state index contributed by atoms with van der Waals surface area (Å²) in [5.41, 5.74) is 6.22. The Balaban J connectivity index is 1.80. The molecule has 0 spiro atoms. The molecule has 0 aliphatic carbocycles. The molecule has 8 nitrogen and oxygen atoms in total. The third-order valence-corrected chi connectivity index (χ3v) is 7.45. The lowest BCUT2D eigenvalue weighted by Gasteiger charge is -2.30. The third kappa shape index (κ3) is 4.68. The van der Waals surface area contributed by atoms with Crippen molar-refractivity contribution in [1.29, 1.82) is 0 Å². The molecule has 1 aromatic carbocycles. The quantitative estimate of drug-likeness (QED) is 0.723. The molecule has 2 amide bonds. The molecule has 0 saturated carbocycles. The van der Waals surface area contributed by atoms with Crippen LogP contribution in [0.4, 0.5) is 0 Å². The van der Waals surface area contributed by atoms with E-state index in [0.717, 1.165) is 12.8 Å². The molecule has 1 saturated heterocycles. The lowest BCUT2D eigenvalue weighted by Crippen LogP contribution is -2.42. The van der Waals surface area contributed by atoms with Crippen LogP contribution < -0.4 is 10.9 Å². The summed E-state index contributed by atoms with van der Waals surface area (Å²) in [6.45, 7) is 6.55. The van der Waals surface area contributed by atoms with Crippen LogP contribution >= 0.6 is 0 Å². The first-order chi connectivity index (χ1) is 14.2. The molecule has 9 heteroatoms. The van der Waals surface area contributed by atoms with E-state index < -0.39 is 21.8 Å². The zero-order valence-corrected chi connectivity index (χ0v) is 18.1. The normalized spacial score (nSPS) is 15.6. The second kappa shape index (κ2) is 8.93. The zero-order valence-electron chi connectivity index (χ0n) is 17.3. The van der Waals surface area contributed by atoms with Gasteiger partial charge in [-0.1, -0.05) is 13.0 Å². The third-order valence-electron chi connectivity index (χ3n) is 5.43. The molecule has 0 atom stereocenters. The topological polar surface area (TPSA) is 108 Å². The molecule has 2 aromatic rings. The first kappa shape index (κ1) is 21.9. The van der Waals surface area contributed by atoms with E-state index in [0.29, 0.717) is 30.1 Å². The van der Waals surface area contributed by atoms with E-state index in [-0.39, 0.29) is 16.2 Å². The smallest absolute Gasteiger partial charge is 0.267 e. The van der Waals surface area contributed by atoms with E-state index in [9.17, 15) is 18.0 Å². The number of carbonyl (C=O) groups is 2. The minimum absolute atomic E-state index is 0.123. The van der Waals surface area contributed by atoms with Crippen LogP contribution in [0.3, 0.4) is 0 Å². The Bertz CT molecular complexity index is 1050. The van der Waals surface area contributed by atoms with Gasteiger partial charge in [-0.15, -0.1) is 0 Å². The fourth-order valence-electron chi connectivity index (χ4n) is 3.34. The minimum atomic E-state index is -3.71. The SMILES string of the molecule is Cc1cc(C(=O)NNC(=O)c2ccccn2)cc(S(=O)(=O)N2CCC(C)CC2)c1C. The largest absolute Gasteiger partial charge is 0.288 e. The van der Waals surface area contributed by atoms with Crippen molar-refractivity contribution in [3.63, 3.8) is 0 Å². The number of hydrogen-bond acceptors (Lipinski definition) is 5. The first-order valence-electron chi connectivity index (χ1n) is 9.83. The van der Waals surface area contributed by atoms with E-state index in [2.05, 4.69) is 22.8 Å². The predicted molar refractivity (Wildman–Crippen MR) is 112 cm³/mol. The summed E-state index contributed by atoms with van der Waals surface area (Å²) in [6, 6.07) is 7.83. The minimum Gasteiger partial charge on any atom is -0.267 e. The number of piperidine rings is 1. The number of amides is 2. The molecule has 2 N–H and O–H groups in total. The van der Waals surface area contributed by atoms with Gasteiger partial charge in [0.1, 0.15) is 5.69 Å². The lowest BCUT2D eigenvalue weighted by molar-refractivity contribution is 0.0844. The summed E-state index contributed by atoms with van der Waals surface area (Å²) in [6.07, 6.45) is 3.10. The van der Waals surface area contributed by atoms with Crippen molar-refractivity contribution in [3.05, 3.63) is 58.9 Å². The lowest BCUT2D eigenvalue weighted by atomic mass is 10.0. The van der Waals surface area contributed by atoms with Crippen LogP contribution in [0.15, 0.2) is 41.4 Å². The number of aryl methyl sites for hydroxylation is 1. The maximum absolute atomic E-state index is 13.2. The van der Waals surface area contributed by atoms with Crippen LogP contribution in [-0.4, -0.2) is 42.6 Å². The molecule has 30 heavy (non-hydrogen) atoms. The van der Waals surface area contributed by atoms with Gasteiger partial charge >= 0.3 is 0 Å². The van der Waals surface area contributed by atoms with Gasteiger partial charge in [0.15, 0.2) is 0 Å². The molecular formula is C21H26N4O4S. The molecule has 0 bridgehead atoms. The van der Waals surface area contributed by atoms with Crippen molar-refractivity contribution >= 4 is 21.8 Å². The van der Waals surface area contributed by atoms with E-state index >= 15 is 0 Å². The van der Waals surface area contributed by atoms with Crippen LogP contribution in [0, 0.1) is 19.8 Å². The highest BCUT2D eigenvalue weighted by Gasteiger charge is 2.30. The Morgan fingerprint density at radius 3 is 2.37 bits per heavy atom. The van der Waals surface area contributed by atoms with Crippen molar-refractivity contribution in [1.82, 2.24) is 20.1 Å². The van der Waals surface area contributed by atoms with Gasteiger partial charge in [-0.05, 0) is 68.0 Å². The van der Waals surface area contributed by atoms with Crippen molar-refractivity contribution in [3.8, 4) is 0 Å². The molecule has 1 aromatic heterocycles. The number of rotatable bonds is 4. The maximum Gasteiger partial charge on any atom is 0.288 e. The maximum atomic E-state index is 13.2. The summed E-state index contributed by atoms with van der Waals surface area (Å²) >= 11 is 0. The van der Waals surface area contributed by atoms with Crippen molar-refractivity contribution in [2.24, 2.45) is 5.92 Å². The Morgan fingerprint density at radius 1 is 1.07 bits per heavy atom. The number of aromatic nitrogens is 1. The van der Waals surface area contributed by atoms with Crippen LogP contribution in [0.25, 0.3) is 0 Å². The molecular weight excluding hydrogens is 404 g/mol. The highest BCUT2D eigenvalue weighted by atomic mass is 32.2. The fourth-order valence-corrected chi connectivity index (χ4v) is 5.13. The van der Waals surface area contributed by atoms with Gasteiger partial charge in [0, 0.05) is 24.8 Å². The van der Waals surface area contributed by atoms with Gasteiger partial charge in [-0.25, -0.2) is 8.42 Å². The summed E-state index contributed by atoms with van der Waals surface area (Å²) in [5.74, 6) is -0.673. The van der Waals surface area contributed by atoms with Gasteiger partial charge in [-0.2, -0.15) is 4.31 Å². The highest BCUT2D eigenvalue weighted by Crippen LogP contribution is 2.28. The van der Waals surface area contributed by atoms with Crippen LogP contribution in [-0.2, 0) is 10.0 Å². The van der Waals surface area contributed by atoms with E-state index in [4.69, 9.17) is 0 Å². The first-order valence-corrected chi connectivity index (χ1v) is 11.3. The number of carbonyl (C=O) groups excluding carboxylic acids is 2. The van der Waals surface area contributed by atoms with Crippen molar-refractivity contribution in [2.45, 2.75) is 38.5 Å². The molecule has 2 heterocycles. The van der Waals surface area contributed by atoms with Crippen molar-refractivity contribution < 1.29 is 18.0 Å². The Morgan fingerprint density at radius 2 is 1.73 bits per heavy atom. The van der Waals surface area contributed by atoms with Crippen LogP contribution in [0.1, 0.15) is 51.7 Å². The number of hydrogen-bond donors (Lipinski definition) is 2. The Labute approximate surface area is 176 Å². The van der Waals surface area contributed by atoms with E-state index in [1.54, 1.807) is 32.0 Å². The molecule has 1 aliphatic rings. The molecule has 3 rings (SSSR count). The average molecular weight is 431 g/mol. The molecule has 1 fully saturated rings. The standard InChI is InChI=1S/C21H26N4O4S/c1-14-7-10-25(11-8-14)30(28,29)19-13-17(12-15(2)16(19)3)20(26)23-24-21(27)18-6-4-5-9-22-18/h4-6,9,12-14H,7-8,10-11H2,1-3H3,(H,23,26)(H,24,27). The second-order valence-electron chi connectivity index (χ2n) is 7.63. The van der Waals surface area contributed by atoms with Gasteiger partial charge in [0.25, 0.3) is 11.8 Å². The summed E-state index contributed by atoms with van der Waals surface area (Å²) in [5, 5.41) is 0. The van der Waals surface area contributed by atoms with Gasteiger partial charge < -0.3 is 0 Å². The second-order valence-corrected chi connectivity index (χ2v) is 9.53. The number of hydrazine groups is 1. The molecule has 0 radical (unpaired) electrons. The fraction of sp³-hybridized carbons (Fsp3) is 0.381. The van der Waals surface area contributed by atoms with Crippen molar-refractivity contribution in [2.75, 3.05) is 13.1 Å². The monoisotopic (exact) mass is 430 g/mol. The predicted octanol–water partition coefficient (Wildman–Crippen LogP) is 2.19. The average Bonchev–Trinajstić information content (AvgIpc) is 2.74. The number of nitrogens with one attached hydrogen (secondary N) is 2. The molecule has 1 aliphatic heterocycles. The van der Waals surface area contributed by atoms with E-state index in [1.165, 1.54) is 22.6 Å². The van der Waals surface area contributed by atoms with Crippen LogP contribution in [0.5, 0.6) is 0 Å². The summed E-state index contributed by atoms with van der Waals surface area (Å²) < 4.78 is 27.9. The number of sulfonamides is 1. The number of pyridine rings is 1. The number of nitrogens with zero attached hydrogens (tertiary/aromatic N) is 2. The Kier molecular flexibility index (Phi) is 6.52. The zero-order chi connectivity index (χ0) is 21.9. The highest BCUT2D eigenvalue weighted by molar-refractivity contribution is 7.89. The Hall–Kier alpha value is -2.78. The van der Waals surface area contributed by atoms with Gasteiger partial charge in [0.05, 0.1) is 4.90 Å². The van der Waals surface area contributed by atoms with E-state index in [1.807, 2.05) is 0 Å². The molecule has 0 unspecified atom stereocenters. The van der Waals surface area contributed by atoms with Crippen LogP contribution in [0.2, 0.25) is 0 Å². The number of benzene rings is 1. The van der Waals surface area contributed by atoms with Gasteiger partial charge in [0.2, 0.25) is 10.0 Å². The van der Waals surface area contributed by atoms with Gasteiger partial charge in [-0.3, -0.25) is 25.4 Å². The summed E-state index contributed by atoms with van der Waals surface area (Å²) in [7, 11) is -3.71. The molecule has 160 valence electrons. The summed E-state index contributed by atoms with van der Waals surface area (Å²) in [4.78, 5) is 28.7.